The maximum Gasteiger partial charge on any atom is 0.323 e. The van der Waals surface area contributed by atoms with Gasteiger partial charge in [-0.2, -0.15) is 0 Å². The van der Waals surface area contributed by atoms with Crippen LogP contribution in [0.25, 0.3) is 0 Å². The standard InChI is InChI=1S/C12H18N4O4/c17-10(18)7-16(8-1-2-8)12(20)14-3-4-15-9(6-14)5-13-11(15)19/h8-9H,1-7H2,(H,13,19)(H,17,18). The smallest absolute Gasteiger partial charge is 0.323 e. The summed E-state index contributed by atoms with van der Waals surface area (Å²) in [7, 11) is 0. The van der Waals surface area contributed by atoms with Crippen LogP contribution in [0.4, 0.5) is 9.59 Å². The van der Waals surface area contributed by atoms with Crippen LogP contribution in [0.1, 0.15) is 12.8 Å². The topological polar surface area (TPSA) is 93.2 Å². The lowest BCUT2D eigenvalue weighted by atomic mass is 10.2. The predicted molar refractivity (Wildman–Crippen MR) is 68.2 cm³/mol. The Hall–Kier alpha value is -1.99. The van der Waals surface area contributed by atoms with Gasteiger partial charge in [0.2, 0.25) is 0 Å². The van der Waals surface area contributed by atoms with Crippen LogP contribution in [0.15, 0.2) is 0 Å². The van der Waals surface area contributed by atoms with Gasteiger partial charge in [0.1, 0.15) is 6.54 Å². The SMILES string of the molecule is O=C(O)CN(C(=O)N1CCN2C(=O)NCC2C1)C1CC1. The Morgan fingerprint density at radius 3 is 2.75 bits per heavy atom. The van der Waals surface area contributed by atoms with Crippen LogP contribution >= 0.6 is 0 Å². The Labute approximate surface area is 116 Å². The molecule has 2 heterocycles. The number of aliphatic carboxylic acids is 1. The lowest BCUT2D eigenvalue weighted by molar-refractivity contribution is -0.137. The predicted octanol–water partition coefficient (Wildman–Crippen LogP) is -0.635. The van der Waals surface area contributed by atoms with Gasteiger partial charge in [-0.15, -0.1) is 0 Å². The number of carbonyl (C=O) groups is 3. The summed E-state index contributed by atoms with van der Waals surface area (Å²) in [5, 5.41) is 11.7. The average Bonchev–Trinajstić information content (AvgIpc) is 3.20. The van der Waals surface area contributed by atoms with Crippen molar-refractivity contribution in [1.29, 1.82) is 0 Å². The van der Waals surface area contributed by atoms with E-state index >= 15 is 0 Å². The maximum atomic E-state index is 12.4. The van der Waals surface area contributed by atoms with Gasteiger partial charge < -0.3 is 25.1 Å². The Balaban J connectivity index is 1.64. The van der Waals surface area contributed by atoms with E-state index in [1.54, 1.807) is 9.80 Å². The second-order valence-electron chi connectivity index (χ2n) is 5.51. The number of rotatable bonds is 3. The van der Waals surface area contributed by atoms with Gasteiger partial charge in [0, 0.05) is 32.2 Å². The van der Waals surface area contributed by atoms with Gasteiger partial charge in [0.25, 0.3) is 0 Å². The molecule has 2 N–H and O–H groups in total. The molecule has 1 unspecified atom stereocenters. The lowest BCUT2D eigenvalue weighted by Crippen LogP contribution is -2.57. The summed E-state index contributed by atoms with van der Waals surface area (Å²) in [6.45, 7) is 1.75. The van der Waals surface area contributed by atoms with E-state index in [-0.39, 0.29) is 30.7 Å². The molecule has 8 heteroatoms. The summed E-state index contributed by atoms with van der Waals surface area (Å²) in [4.78, 5) is 39.7. The van der Waals surface area contributed by atoms with Gasteiger partial charge in [-0.05, 0) is 12.8 Å². The normalized spacial score (nSPS) is 25.2. The molecule has 0 radical (unpaired) electrons. The van der Waals surface area contributed by atoms with Gasteiger partial charge in [0.15, 0.2) is 0 Å². The van der Waals surface area contributed by atoms with E-state index < -0.39 is 5.97 Å². The molecule has 110 valence electrons. The molecule has 3 rings (SSSR count). The van der Waals surface area contributed by atoms with E-state index in [9.17, 15) is 14.4 Å². The molecule has 0 aromatic rings. The quantitative estimate of drug-likeness (QED) is 0.720. The molecule has 0 aromatic heterocycles. The second kappa shape index (κ2) is 4.84. The highest BCUT2D eigenvalue weighted by atomic mass is 16.4. The van der Waals surface area contributed by atoms with Crippen molar-refractivity contribution in [3.63, 3.8) is 0 Å². The van der Waals surface area contributed by atoms with Crippen molar-refractivity contribution in [2.24, 2.45) is 0 Å². The number of hydrogen-bond acceptors (Lipinski definition) is 3. The summed E-state index contributed by atoms with van der Waals surface area (Å²) >= 11 is 0. The molecule has 1 atom stereocenters. The number of nitrogens with one attached hydrogen (secondary N) is 1. The third-order valence-corrected chi connectivity index (χ3v) is 4.04. The number of urea groups is 2. The molecule has 20 heavy (non-hydrogen) atoms. The van der Waals surface area contributed by atoms with E-state index in [0.29, 0.717) is 26.2 Å². The number of piperazine rings is 1. The molecule has 1 aliphatic carbocycles. The van der Waals surface area contributed by atoms with Crippen LogP contribution in [-0.4, -0.2) is 82.6 Å². The van der Waals surface area contributed by atoms with Gasteiger partial charge >= 0.3 is 18.0 Å². The molecule has 2 aliphatic heterocycles. The number of fused-ring (bicyclic) bond motifs is 1. The fourth-order valence-corrected chi connectivity index (χ4v) is 2.84. The number of carboxylic acids is 1. The number of carboxylic acid groups (broad SMARTS) is 1. The van der Waals surface area contributed by atoms with Gasteiger partial charge in [0.05, 0.1) is 6.04 Å². The molecule has 0 aromatic carbocycles. The first-order valence-electron chi connectivity index (χ1n) is 6.88. The zero-order valence-electron chi connectivity index (χ0n) is 11.1. The summed E-state index contributed by atoms with van der Waals surface area (Å²) in [6, 6.07) is -0.216. The van der Waals surface area contributed by atoms with Crippen LogP contribution in [0.5, 0.6) is 0 Å². The van der Waals surface area contributed by atoms with Crippen molar-refractivity contribution in [3.05, 3.63) is 0 Å². The summed E-state index contributed by atoms with van der Waals surface area (Å²) < 4.78 is 0. The van der Waals surface area contributed by atoms with Crippen molar-refractivity contribution < 1.29 is 19.5 Å². The second-order valence-corrected chi connectivity index (χ2v) is 5.51. The molecule has 3 aliphatic rings. The summed E-state index contributed by atoms with van der Waals surface area (Å²) in [6.07, 6.45) is 1.75. The van der Waals surface area contributed by atoms with Crippen LogP contribution in [0, 0.1) is 0 Å². The molecule has 2 saturated heterocycles. The minimum absolute atomic E-state index is 0.00563. The van der Waals surface area contributed by atoms with Crippen LogP contribution in [-0.2, 0) is 4.79 Å². The molecule has 4 amide bonds. The lowest BCUT2D eigenvalue weighted by Gasteiger charge is -2.38. The first-order valence-corrected chi connectivity index (χ1v) is 6.88. The van der Waals surface area contributed by atoms with Crippen molar-refractivity contribution in [2.75, 3.05) is 32.7 Å². The highest BCUT2D eigenvalue weighted by Gasteiger charge is 2.41. The van der Waals surface area contributed by atoms with Crippen LogP contribution < -0.4 is 5.32 Å². The molecule has 1 saturated carbocycles. The van der Waals surface area contributed by atoms with Gasteiger partial charge in [-0.1, -0.05) is 0 Å². The van der Waals surface area contributed by atoms with Gasteiger partial charge in [-0.25, -0.2) is 9.59 Å². The van der Waals surface area contributed by atoms with Crippen LogP contribution in [0.2, 0.25) is 0 Å². The Morgan fingerprint density at radius 2 is 2.10 bits per heavy atom. The molecular weight excluding hydrogens is 264 g/mol. The van der Waals surface area contributed by atoms with Gasteiger partial charge in [-0.3, -0.25) is 4.79 Å². The van der Waals surface area contributed by atoms with E-state index in [2.05, 4.69) is 5.32 Å². The minimum atomic E-state index is -0.985. The van der Waals surface area contributed by atoms with Crippen molar-refractivity contribution in [3.8, 4) is 0 Å². The summed E-state index contributed by atoms with van der Waals surface area (Å²) in [5.41, 5.74) is 0. The minimum Gasteiger partial charge on any atom is -0.480 e. The zero-order valence-corrected chi connectivity index (χ0v) is 11.1. The maximum absolute atomic E-state index is 12.4. The molecular formula is C12H18N4O4. The van der Waals surface area contributed by atoms with E-state index in [1.807, 2.05) is 0 Å². The highest BCUT2D eigenvalue weighted by molar-refractivity contribution is 5.82. The van der Waals surface area contributed by atoms with E-state index in [4.69, 9.17) is 5.11 Å². The number of carbonyl (C=O) groups excluding carboxylic acids is 2. The fourth-order valence-electron chi connectivity index (χ4n) is 2.84. The third-order valence-electron chi connectivity index (χ3n) is 4.04. The average molecular weight is 282 g/mol. The highest BCUT2D eigenvalue weighted by Crippen LogP contribution is 2.28. The Kier molecular flexibility index (Phi) is 3.15. The Bertz CT molecular complexity index is 451. The number of nitrogens with zero attached hydrogens (tertiary/aromatic N) is 3. The molecule has 0 spiro atoms. The summed E-state index contributed by atoms with van der Waals surface area (Å²) in [5.74, 6) is -0.985. The van der Waals surface area contributed by atoms with Crippen LogP contribution in [0.3, 0.4) is 0 Å². The molecule has 0 bridgehead atoms. The molecule has 8 nitrogen and oxygen atoms in total. The monoisotopic (exact) mass is 282 g/mol. The van der Waals surface area contributed by atoms with E-state index in [0.717, 1.165) is 12.8 Å². The largest absolute Gasteiger partial charge is 0.480 e. The first kappa shape index (κ1) is 13.0. The number of hydrogen-bond donors (Lipinski definition) is 2. The van der Waals surface area contributed by atoms with Crippen molar-refractivity contribution in [1.82, 2.24) is 20.0 Å². The fraction of sp³-hybridized carbons (Fsp3) is 0.750. The number of amides is 4. The first-order chi connectivity index (χ1) is 9.56. The van der Waals surface area contributed by atoms with E-state index in [1.165, 1.54) is 4.90 Å². The van der Waals surface area contributed by atoms with Crippen molar-refractivity contribution >= 4 is 18.0 Å². The zero-order chi connectivity index (χ0) is 14.3. The Morgan fingerprint density at radius 1 is 1.35 bits per heavy atom. The molecule has 3 fully saturated rings. The van der Waals surface area contributed by atoms with Crippen molar-refractivity contribution in [2.45, 2.75) is 24.9 Å². The third kappa shape index (κ3) is 2.37.